The first-order valence-corrected chi connectivity index (χ1v) is 8.03. The van der Waals surface area contributed by atoms with E-state index in [1.165, 1.54) is 0 Å². The monoisotopic (exact) mass is 310 g/mol. The van der Waals surface area contributed by atoms with Gasteiger partial charge in [-0.3, -0.25) is 9.59 Å². The fourth-order valence-electron chi connectivity index (χ4n) is 2.07. The molecule has 2 nitrogen and oxygen atoms in total. The summed E-state index contributed by atoms with van der Waals surface area (Å²) in [6, 6.07) is 17.1. The van der Waals surface area contributed by atoms with Crippen LogP contribution in [0.15, 0.2) is 54.6 Å². The van der Waals surface area contributed by atoms with Crippen LogP contribution >= 0.6 is 0 Å². The Hall–Kier alpha value is -2.22. The van der Waals surface area contributed by atoms with Gasteiger partial charge >= 0.3 is 0 Å². The molecule has 122 valence electrons. The van der Waals surface area contributed by atoms with Gasteiger partial charge in [-0.2, -0.15) is 0 Å². The minimum Gasteiger partial charge on any atom is -0.294 e. The van der Waals surface area contributed by atoms with Crippen molar-refractivity contribution < 1.29 is 9.59 Å². The van der Waals surface area contributed by atoms with Gasteiger partial charge in [0.1, 0.15) is 0 Å². The lowest BCUT2D eigenvalue weighted by molar-refractivity contribution is 0.0932. The molecule has 0 unspecified atom stereocenters. The van der Waals surface area contributed by atoms with Gasteiger partial charge in [0.2, 0.25) is 0 Å². The summed E-state index contributed by atoms with van der Waals surface area (Å²) in [6.45, 7) is 9.66. The largest absolute Gasteiger partial charge is 0.294 e. The number of hydrogen-bond donors (Lipinski definition) is 0. The predicted molar refractivity (Wildman–Crippen MR) is 96.0 cm³/mol. The van der Waals surface area contributed by atoms with Crippen molar-refractivity contribution in [1.29, 1.82) is 0 Å². The van der Waals surface area contributed by atoms with Crippen molar-refractivity contribution in [1.82, 2.24) is 0 Å². The van der Waals surface area contributed by atoms with E-state index < -0.39 is 0 Å². The van der Waals surface area contributed by atoms with Gasteiger partial charge in [-0.05, 0) is 13.0 Å². The van der Waals surface area contributed by atoms with Crippen molar-refractivity contribution >= 4 is 11.6 Å². The summed E-state index contributed by atoms with van der Waals surface area (Å²) >= 11 is 0. The highest BCUT2D eigenvalue weighted by Gasteiger charge is 2.09. The molecule has 0 spiro atoms. The Balaban J connectivity index is 0.000000231. The lowest BCUT2D eigenvalue weighted by atomic mass is 10.00. The molecule has 0 heterocycles. The van der Waals surface area contributed by atoms with Crippen molar-refractivity contribution in [2.24, 2.45) is 11.8 Å². The van der Waals surface area contributed by atoms with Crippen molar-refractivity contribution in [3.63, 3.8) is 0 Å². The van der Waals surface area contributed by atoms with Gasteiger partial charge in [0.25, 0.3) is 0 Å². The second-order valence-electron chi connectivity index (χ2n) is 6.27. The zero-order valence-electron chi connectivity index (χ0n) is 14.7. The van der Waals surface area contributed by atoms with Crippen LogP contribution in [0.2, 0.25) is 0 Å². The molecule has 0 N–H and O–H groups in total. The quantitative estimate of drug-likeness (QED) is 0.712. The molecule has 0 radical (unpaired) electrons. The van der Waals surface area contributed by atoms with Crippen LogP contribution in [0.3, 0.4) is 0 Å². The Kier molecular flexibility index (Phi) is 7.40. The highest BCUT2D eigenvalue weighted by atomic mass is 16.1. The molecule has 0 amide bonds. The molecule has 0 saturated carbocycles. The van der Waals surface area contributed by atoms with Crippen LogP contribution in [0, 0.1) is 18.8 Å². The Bertz CT molecular complexity index is 640. The molecule has 0 aliphatic carbocycles. The SMILES string of the molecule is CC(C)C(=O)c1ccccc1.Cc1cccc(C(=O)C(C)C)c1. The fourth-order valence-corrected chi connectivity index (χ4v) is 2.07. The van der Waals surface area contributed by atoms with Gasteiger partial charge in [0.05, 0.1) is 0 Å². The third kappa shape index (κ3) is 6.19. The van der Waals surface area contributed by atoms with E-state index in [1.807, 2.05) is 89.2 Å². The lowest BCUT2D eigenvalue weighted by Crippen LogP contribution is -2.07. The normalized spacial score (nSPS) is 10.2. The number of carbonyl (C=O) groups is 2. The molecule has 0 atom stereocenters. The number of hydrogen-bond acceptors (Lipinski definition) is 2. The van der Waals surface area contributed by atoms with Gasteiger partial charge < -0.3 is 0 Å². The molecule has 0 saturated heterocycles. The Morgan fingerprint density at radius 2 is 1.17 bits per heavy atom. The average molecular weight is 310 g/mol. The Morgan fingerprint density at radius 1 is 0.696 bits per heavy atom. The zero-order valence-corrected chi connectivity index (χ0v) is 14.7. The minimum absolute atomic E-state index is 0.0896. The summed E-state index contributed by atoms with van der Waals surface area (Å²) in [5.74, 6) is 0.619. The summed E-state index contributed by atoms with van der Waals surface area (Å²) in [5, 5.41) is 0. The maximum Gasteiger partial charge on any atom is 0.165 e. The van der Waals surface area contributed by atoms with Gasteiger partial charge in [-0.15, -0.1) is 0 Å². The van der Waals surface area contributed by atoms with Crippen molar-refractivity contribution in [2.75, 3.05) is 0 Å². The summed E-state index contributed by atoms with van der Waals surface area (Å²) in [7, 11) is 0. The van der Waals surface area contributed by atoms with Gasteiger partial charge in [0.15, 0.2) is 11.6 Å². The molecule has 2 aromatic rings. The number of aryl methyl sites for hydroxylation is 1. The molecule has 2 rings (SSSR count). The van der Waals surface area contributed by atoms with Crippen LogP contribution in [0.5, 0.6) is 0 Å². The van der Waals surface area contributed by atoms with E-state index in [-0.39, 0.29) is 23.4 Å². The van der Waals surface area contributed by atoms with Crippen molar-refractivity contribution in [3.8, 4) is 0 Å². The standard InChI is InChI=1S/C11H14O.C10H12O/c1-8(2)11(12)10-6-4-5-9(3)7-10;1-8(2)10(11)9-6-4-3-5-7-9/h4-8H,1-3H3;3-8H,1-2H3. The van der Waals surface area contributed by atoms with E-state index in [9.17, 15) is 9.59 Å². The third-order valence-corrected chi connectivity index (χ3v) is 3.41. The van der Waals surface area contributed by atoms with E-state index in [2.05, 4.69) is 0 Å². The predicted octanol–water partition coefficient (Wildman–Crippen LogP) is 5.36. The van der Waals surface area contributed by atoms with Crippen LogP contribution in [0.1, 0.15) is 54.0 Å². The van der Waals surface area contributed by atoms with Gasteiger partial charge in [-0.1, -0.05) is 81.8 Å². The first kappa shape index (κ1) is 18.8. The number of carbonyl (C=O) groups excluding carboxylic acids is 2. The van der Waals surface area contributed by atoms with Gasteiger partial charge in [0, 0.05) is 23.0 Å². The molecule has 0 aliphatic rings. The molecular formula is C21H26O2. The number of ketones is 2. The minimum atomic E-state index is 0.0896. The number of Topliss-reactive ketones (excluding diaryl/α,β-unsaturated/α-hetero) is 2. The molecule has 0 bridgehead atoms. The molecule has 23 heavy (non-hydrogen) atoms. The number of rotatable bonds is 4. The maximum atomic E-state index is 11.5. The van der Waals surface area contributed by atoms with Crippen LogP contribution < -0.4 is 0 Å². The molecule has 0 aromatic heterocycles. The molecular weight excluding hydrogens is 284 g/mol. The molecule has 2 heteroatoms. The van der Waals surface area contributed by atoms with E-state index >= 15 is 0 Å². The van der Waals surface area contributed by atoms with Crippen LogP contribution in [0.25, 0.3) is 0 Å². The molecule has 0 aliphatic heterocycles. The summed E-state index contributed by atoms with van der Waals surface area (Å²) in [6.07, 6.45) is 0. The maximum absolute atomic E-state index is 11.5. The van der Waals surface area contributed by atoms with Crippen LogP contribution in [0.4, 0.5) is 0 Å². The first-order chi connectivity index (χ1) is 10.8. The topological polar surface area (TPSA) is 34.1 Å². The van der Waals surface area contributed by atoms with E-state index in [1.54, 1.807) is 0 Å². The molecule has 2 aromatic carbocycles. The Morgan fingerprint density at radius 3 is 1.65 bits per heavy atom. The van der Waals surface area contributed by atoms with Gasteiger partial charge in [-0.25, -0.2) is 0 Å². The zero-order chi connectivity index (χ0) is 17.4. The lowest BCUT2D eigenvalue weighted by Gasteiger charge is -2.03. The smallest absolute Gasteiger partial charge is 0.165 e. The van der Waals surface area contributed by atoms with Crippen LogP contribution in [-0.4, -0.2) is 11.6 Å². The van der Waals surface area contributed by atoms with E-state index in [0.717, 1.165) is 16.7 Å². The first-order valence-electron chi connectivity index (χ1n) is 8.03. The van der Waals surface area contributed by atoms with E-state index in [0.29, 0.717) is 0 Å². The summed E-state index contributed by atoms with van der Waals surface area (Å²) in [4.78, 5) is 22.8. The van der Waals surface area contributed by atoms with Crippen molar-refractivity contribution in [2.45, 2.75) is 34.6 Å². The Labute approximate surface area is 139 Å². The number of benzene rings is 2. The molecule has 0 fully saturated rings. The fraction of sp³-hybridized carbons (Fsp3) is 0.333. The van der Waals surface area contributed by atoms with E-state index in [4.69, 9.17) is 0 Å². The third-order valence-electron chi connectivity index (χ3n) is 3.41. The second kappa shape index (κ2) is 9.04. The average Bonchev–Trinajstić information content (AvgIpc) is 2.54. The van der Waals surface area contributed by atoms with Crippen LogP contribution in [-0.2, 0) is 0 Å². The second-order valence-corrected chi connectivity index (χ2v) is 6.27. The highest BCUT2D eigenvalue weighted by Crippen LogP contribution is 2.09. The highest BCUT2D eigenvalue weighted by molar-refractivity contribution is 5.97. The summed E-state index contributed by atoms with van der Waals surface area (Å²) < 4.78 is 0. The van der Waals surface area contributed by atoms with Crippen molar-refractivity contribution in [3.05, 3.63) is 71.3 Å². The summed E-state index contributed by atoms with van der Waals surface area (Å²) in [5.41, 5.74) is 2.77.